The van der Waals surface area contributed by atoms with Crippen molar-refractivity contribution in [1.82, 2.24) is 15.7 Å². The van der Waals surface area contributed by atoms with Crippen molar-refractivity contribution in [2.75, 3.05) is 33.7 Å². The van der Waals surface area contributed by atoms with Crippen LogP contribution >= 0.6 is 0 Å². The van der Waals surface area contributed by atoms with Crippen LogP contribution in [-0.4, -0.2) is 75.6 Å². The van der Waals surface area contributed by atoms with Crippen LogP contribution in [-0.2, 0) is 4.84 Å². The summed E-state index contributed by atoms with van der Waals surface area (Å²) in [5.74, 6) is 0.872. The van der Waals surface area contributed by atoms with E-state index in [9.17, 15) is 8.78 Å². The van der Waals surface area contributed by atoms with Gasteiger partial charge in [0.2, 0.25) is 0 Å². The predicted octanol–water partition coefficient (Wildman–Crippen LogP) is -0.852. The molecule has 0 radical (unpaired) electrons. The summed E-state index contributed by atoms with van der Waals surface area (Å²) in [5.41, 5.74) is 3.27. The Hall–Kier alpha value is -0.380. The molecule has 4 rings (SSSR count). The maximum Gasteiger partial charge on any atom is 0.183 e. The molecule has 6 nitrogen and oxygen atoms in total. The molecule has 4 aliphatic rings. The fourth-order valence-corrected chi connectivity index (χ4v) is 5.82. The van der Waals surface area contributed by atoms with Crippen LogP contribution in [0.15, 0.2) is 0 Å². The third-order valence-electron chi connectivity index (χ3n) is 7.60. The summed E-state index contributed by atoms with van der Waals surface area (Å²) in [5, 5.41) is 6.14. The van der Waals surface area contributed by atoms with Crippen molar-refractivity contribution in [3.05, 3.63) is 0 Å². The molecular weight excluding hydrogens is 364 g/mol. The summed E-state index contributed by atoms with van der Waals surface area (Å²) in [7, 11) is 4.30. The predicted molar refractivity (Wildman–Crippen MR) is 103 cm³/mol. The van der Waals surface area contributed by atoms with E-state index in [1.54, 1.807) is 0 Å². The minimum absolute atomic E-state index is 0.0211. The van der Waals surface area contributed by atoms with Crippen LogP contribution < -0.4 is 21.0 Å². The number of quaternary nitrogens is 2. The number of hydroxylamine groups is 1. The van der Waals surface area contributed by atoms with Gasteiger partial charge in [-0.25, -0.2) is 8.78 Å². The van der Waals surface area contributed by atoms with E-state index in [1.165, 1.54) is 24.2 Å². The van der Waals surface area contributed by atoms with Crippen LogP contribution in [0.25, 0.3) is 0 Å². The molecule has 0 amide bonds. The number of hydrogen-bond donors (Lipinski definition) is 4. The summed E-state index contributed by atoms with van der Waals surface area (Å²) in [6.07, 6.45) is 4.63. The van der Waals surface area contributed by atoms with Crippen molar-refractivity contribution in [2.24, 2.45) is 11.8 Å². The summed E-state index contributed by atoms with van der Waals surface area (Å²) in [4.78, 5) is 9.80. The van der Waals surface area contributed by atoms with Gasteiger partial charge in [-0.2, -0.15) is 5.48 Å². The summed E-state index contributed by atoms with van der Waals surface area (Å²) < 4.78 is 27.2. The van der Waals surface area contributed by atoms with Gasteiger partial charge in [0.1, 0.15) is 24.6 Å². The Morgan fingerprint density at radius 2 is 1.96 bits per heavy atom. The fraction of sp³-hybridized carbons (Fsp3) is 1.00. The standard InChI is InChI=1S/C20H37F2N5O/c1-26(2)18-8-6-14(11-23-18)19-24-20(28-25-19)17-4-3-9-27(17)12-13-5-7-15(21)16(22)10-13/h13-20,23-25H,3-12H2,1-2H3/p+2/t13?,14?,15?,16?,17-,18?,19?,20?/m1/s1. The monoisotopic (exact) mass is 403 g/mol. The lowest BCUT2D eigenvalue weighted by atomic mass is 9.86. The number of nitrogens with two attached hydrogens (primary N) is 1. The van der Waals surface area contributed by atoms with Gasteiger partial charge in [0.05, 0.1) is 25.8 Å². The molecule has 5 N–H and O–H groups in total. The number of nitrogens with zero attached hydrogens (tertiary/aromatic N) is 1. The molecule has 0 aromatic rings. The maximum atomic E-state index is 13.8. The molecule has 0 aromatic carbocycles. The average molecular weight is 404 g/mol. The molecule has 4 fully saturated rings. The Kier molecular flexibility index (Phi) is 6.85. The van der Waals surface area contributed by atoms with Gasteiger partial charge < -0.3 is 10.2 Å². The second-order valence-corrected chi connectivity index (χ2v) is 9.71. The van der Waals surface area contributed by atoms with E-state index in [0.29, 0.717) is 36.9 Å². The van der Waals surface area contributed by atoms with Gasteiger partial charge in [-0.15, -0.1) is 0 Å². The van der Waals surface area contributed by atoms with E-state index in [4.69, 9.17) is 4.84 Å². The number of halogens is 2. The Balaban J connectivity index is 1.26. The highest BCUT2D eigenvalue weighted by Gasteiger charge is 2.45. The molecule has 3 heterocycles. The SMILES string of the molecule is CN(C)C1CCC(C2NOC([C@H]3CCC[NH+]3CC3CCC(F)C(F)C3)N2)C[NH2+]1. The first-order valence-electron chi connectivity index (χ1n) is 11.3. The van der Waals surface area contributed by atoms with Gasteiger partial charge in [-0.3, -0.25) is 15.1 Å². The van der Waals surface area contributed by atoms with E-state index in [1.807, 2.05) is 0 Å². The molecule has 8 unspecified atom stereocenters. The number of likely N-dealkylation sites (tertiary alicyclic amines) is 1. The quantitative estimate of drug-likeness (QED) is 0.483. The first-order chi connectivity index (χ1) is 13.5. The number of nitrogens with one attached hydrogen (secondary N) is 3. The van der Waals surface area contributed by atoms with Crippen molar-refractivity contribution >= 4 is 0 Å². The molecule has 9 atom stereocenters. The highest BCUT2D eigenvalue weighted by molar-refractivity contribution is 4.85. The van der Waals surface area contributed by atoms with Crippen LogP contribution in [0.2, 0.25) is 0 Å². The molecule has 28 heavy (non-hydrogen) atoms. The van der Waals surface area contributed by atoms with Crippen LogP contribution in [0.1, 0.15) is 44.9 Å². The molecule has 0 spiro atoms. The second-order valence-electron chi connectivity index (χ2n) is 9.71. The number of alkyl halides is 2. The third kappa shape index (κ3) is 4.68. The van der Waals surface area contributed by atoms with E-state index in [0.717, 1.165) is 32.5 Å². The van der Waals surface area contributed by atoms with Gasteiger partial charge in [-0.1, -0.05) is 0 Å². The third-order valence-corrected chi connectivity index (χ3v) is 7.60. The minimum Gasteiger partial charge on any atom is -0.331 e. The van der Waals surface area contributed by atoms with Crippen molar-refractivity contribution in [3.63, 3.8) is 0 Å². The Morgan fingerprint density at radius 1 is 1.11 bits per heavy atom. The smallest absolute Gasteiger partial charge is 0.183 e. The lowest BCUT2D eigenvalue weighted by Gasteiger charge is -2.33. The fourth-order valence-electron chi connectivity index (χ4n) is 5.82. The highest BCUT2D eigenvalue weighted by atomic mass is 19.2. The van der Waals surface area contributed by atoms with E-state index in [2.05, 4.69) is 35.1 Å². The topological polar surface area (TPSA) is 57.6 Å². The molecular formula is C20H39F2N5O+2. The first kappa shape index (κ1) is 20.9. The molecule has 1 aliphatic carbocycles. The van der Waals surface area contributed by atoms with Gasteiger partial charge in [0.25, 0.3) is 0 Å². The Bertz CT molecular complexity index is 505. The molecule has 8 heteroatoms. The summed E-state index contributed by atoms with van der Waals surface area (Å²) in [6.45, 7) is 3.17. The van der Waals surface area contributed by atoms with Gasteiger partial charge in [0.15, 0.2) is 6.23 Å². The Labute approximate surface area is 167 Å². The summed E-state index contributed by atoms with van der Waals surface area (Å²) >= 11 is 0. The van der Waals surface area contributed by atoms with Gasteiger partial charge >= 0.3 is 0 Å². The largest absolute Gasteiger partial charge is 0.331 e. The van der Waals surface area contributed by atoms with Crippen LogP contribution in [0.5, 0.6) is 0 Å². The zero-order valence-electron chi connectivity index (χ0n) is 17.4. The van der Waals surface area contributed by atoms with Crippen LogP contribution in [0.3, 0.4) is 0 Å². The van der Waals surface area contributed by atoms with Crippen LogP contribution in [0, 0.1) is 11.8 Å². The van der Waals surface area contributed by atoms with Crippen molar-refractivity contribution < 1.29 is 23.8 Å². The van der Waals surface area contributed by atoms with Crippen molar-refractivity contribution in [1.29, 1.82) is 0 Å². The zero-order valence-corrected chi connectivity index (χ0v) is 17.4. The molecule has 3 aliphatic heterocycles. The average Bonchev–Trinajstić information content (AvgIpc) is 3.34. The Morgan fingerprint density at radius 3 is 2.68 bits per heavy atom. The molecule has 1 saturated carbocycles. The second kappa shape index (κ2) is 9.18. The summed E-state index contributed by atoms with van der Waals surface area (Å²) in [6, 6.07) is 0.403. The van der Waals surface area contributed by atoms with Crippen LogP contribution in [0.4, 0.5) is 8.78 Å². The minimum atomic E-state index is -1.26. The van der Waals surface area contributed by atoms with Crippen molar-refractivity contribution in [3.8, 4) is 0 Å². The lowest BCUT2D eigenvalue weighted by molar-refractivity contribution is -0.919. The lowest BCUT2D eigenvalue weighted by Crippen LogP contribution is -3.16. The van der Waals surface area contributed by atoms with Crippen molar-refractivity contribution in [2.45, 2.75) is 81.9 Å². The molecule has 162 valence electrons. The number of hydrogen-bond acceptors (Lipinski definition) is 4. The number of rotatable bonds is 5. The zero-order chi connectivity index (χ0) is 19.7. The maximum absolute atomic E-state index is 13.8. The van der Waals surface area contributed by atoms with E-state index in [-0.39, 0.29) is 12.4 Å². The number of piperidine rings is 1. The van der Waals surface area contributed by atoms with E-state index < -0.39 is 12.3 Å². The van der Waals surface area contributed by atoms with Gasteiger partial charge in [0, 0.05) is 31.1 Å². The molecule has 0 bridgehead atoms. The normalized spacial score (nSPS) is 47.7. The first-order valence-corrected chi connectivity index (χ1v) is 11.3. The van der Waals surface area contributed by atoms with E-state index >= 15 is 0 Å². The molecule has 0 aromatic heterocycles. The molecule has 3 saturated heterocycles. The highest BCUT2D eigenvalue weighted by Crippen LogP contribution is 2.28. The van der Waals surface area contributed by atoms with Gasteiger partial charge in [-0.05, 0) is 39.8 Å².